The predicted molar refractivity (Wildman–Crippen MR) is 65.1 cm³/mol. The van der Waals surface area contributed by atoms with Gasteiger partial charge in [-0.1, -0.05) is 0 Å². The van der Waals surface area contributed by atoms with Gasteiger partial charge in [-0.2, -0.15) is 5.10 Å². The van der Waals surface area contributed by atoms with E-state index in [9.17, 15) is 9.59 Å². The fourth-order valence-corrected chi connectivity index (χ4v) is 2.15. The highest BCUT2D eigenvalue weighted by atomic mass is 32.1. The SMILES string of the molecule is Cc1ccsc1CNC(=O)c1ccc(=O)[nH]n1. The summed E-state index contributed by atoms with van der Waals surface area (Å²) in [6.45, 7) is 2.47. The molecule has 2 aromatic rings. The lowest BCUT2D eigenvalue weighted by Crippen LogP contribution is -2.25. The van der Waals surface area contributed by atoms with Crippen molar-refractivity contribution in [3.63, 3.8) is 0 Å². The first kappa shape index (κ1) is 11.5. The predicted octanol–water partition coefficient (Wildman–Crippen LogP) is 1.07. The molecule has 0 aromatic carbocycles. The molecule has 1 amide bonds. The summed E-state index contributed by atoms with van der Waals surface area (Å²) in [6.07, 6.45) is 0. The number of carbonyl (C=O) groups is 1. The van der Waals surface area contributed by atoms with Crippen molar-refractivity contribution in [1.82, 2.24) is 15.5 Å². The second kappa shape index (κ2) is 4.92. The Balaban J connectivity index is 2.00. The second-order valence-electron chi connectivity index (χ2n) is 3.52. The molecule has 17 heavy (non-hydrogen) atoms. The molecule has 2 rings (SSSR count). The van der Waals surface area contributed by atoms with E-state index >= 15 is 0 Å². The van der Waals surface area contributed by atoms with Gasteiger partial charge in [0.2, 0.25) is 0 Å². The molecule has 2 heterocycles. The number of aromatic nitrogens is 2. The topological polar surface area (TPSA) is 74.8 Å². The molecule has 2 aromatic heterocycles. The number of carbonyl (C=O) groups excluding carboxylic acids is 1. The molecule has 0 atom stereocenters. The van der Waals surface area contributed by atoms with E-state index in [0.29, 0.717) is 6.54 Å². The average Bonchev–Trinajstić information content (AvgIpc) is 2.73. The molecule has 0 radical (unpaired) electrons. The summed E-state index contributed by atoms with van der Waals surface area (Å²) in [5, 5.41) is 10.6. The lowest BCUT2D eigenvalue weighted by molar-refractivity contribution is 0.0945. The minimum Gasteiger partial charge on any atom is -0.346 e. The van der Waals surface area contributed by atoms with E-state index in [1.807, 2.05) is 18.4 Å². The van der Waals surface area contributed by atoms with Crippen LogP contribution in [0.2, 0.25) is 0 Å². The number of rotatable bonds is 3. The number of hydrogen-bond acceptors (Lipinski definition) is 4. The van der Waals surface area contributed by atoms with Crippen molar-refractivity contribution in [2.75, 3.05) is 0 Å². The molecule has 0 aliphatic rings. The number of hydrogen-bond donors (Lipinski definition) is 2. The summed E-state index contributed by atoms with van der Waals surface area (Å²) in [7, 11) is 0. The molecule has 0 unspecified atom stereocenters. The molecular weight excluding hydrogens is 238 g/mol. The highest BCUT2D eigenvalue weighted by Gasteiger charge is 2.08. The maximum atomic E-state index is 11.7. The lowest BCUT2D eigenvalue weighted by Gasteiger charge is -2.03. The van der Waals surface area contributed by atoms with Gasteiger partial charge in [0.05, 0.1) is 6.54 Å². The third kappa shape index (κ3) is 2.79. The van der Waals surface area contributed by atoms with E-state index in [2.05, 4.69) is 15.5 Å². The van der Waals surface area contributed by atoms with Gasteiger partial charge in [0.1, 0.15) is 5.69 Å². The van der Waals surface area contributed by atoms with E-state index in [0.717, 1.165) is 10.4 Å². The molecule has 0 fully saturated rings. The first-order valence-corrected chi connectivity index (χ1v) is 5.91. The maximum Gasteiger partial charge on any atom is 0.272 e. The van der Waals surface area contributed by atoms with Crippen LogP contribution in [-0.4, -0.2) is 16.1 Å². The highest BCUT2D eigenvalue weighted by molar-refractivity contribution is 7.10. The molecule has 0 aliphatic carbocycles. The van der Waals surface area contributed by atoms with Crippen LogP contribution in [0.15, 0.2) is 28.4 Å². The number of amides is 1. The molecule has 88 valence electrons. The number of aromatic amines is 1. The van der Waals surface area contributed by atoms with Gasteiger partial charge in [-0.15, -0.1) is 11.3 Å². The van der Waals surface area contributed by atoms with Crippen LogP contribution in [0.5, 0.6) is 0 Å². The first-order chi connectivity index (χ1) is 8.16. The van der Waals surface area contributed by atoms with Gasteiger partial charge in [-0.05, 0) is 30.0 Å². The van der Waals surface area contributed by atoms with Gasteiger partial charge in [0.15, 0.2) is 0 Å². The van der Waals surface area contributed by atoms with Crippen molar-refractivity contribution >= 4 is 17.2 Å². The van der Waals surface area contributed by atoms with Crippen molar-refractivity contribution in [1.29, 1.82) is 0 Å². The van der Waals surface area contributed by atoms with Crippen LogP contribution in [-0.2, 0) is 6.54 Å². The van der Waals surface area contributed by atoms with Crippen LogP contribution in [0.4, 0.5) is 0 Å². The molecule has 0 saturated carbocycles. The van der Waals surface area contributed by atoms with Crippen molar-refractivity contribution < 1.29 is 4.79 Å². The van der Waals surface area contributed by atoms with E-state index in [-0.39, 0.29) is 17.2 Å². The van der Waals surface area contributed by atoms with Gasteiger partial charge in [-0.25, -0.2) is 5.10 Å². The minimum atomic E-state index is -0.323. The van der Waals surface area contributed by atoms with E-state index in [1.54, 1.807) is 11.3 Å². The summed E-state index contributed by atoms with van der Waals surface area (Å²) >= 11 is 1.60. The smallest absolute Gasteiger partial charge is 0.272 e. The number of nitrogens with zero attached hydrogens (tertiary/aromatic N) is 1. The minimum absolute atomic E-state index is 0.207. The Morgan fingerprint density at radius 1 is 1.47 bits per heavy atom. The van der Waals surface area contributed by atoms with Crippen LogP contribution in [0.25, 0.3) is 0 Å². The third-order valence-electron chi connectivity index (χ3n) is 2.29. The van der Waals surface area contributed by atoms with Crippen molar-refractivity contribution in [2.24, 2.45) is 0 Å². The Labute approximate surface area is 102 Å². The van der Waals surface area contributed by atoms with Crippen molar-refractivity contribution in [2.45, 2.75) is 13.5 Å². The molecule has 0 bridgehead atoms. The summed E-state index contributed by atoms with van der Waals surface area (Å²) in [4.78, 5) is 23.6. The Kier molecular flexibility index (Phi) is 3.34. The van der Waals surface area contributed by atoms with Crippen molar-refractivity contribution in [3.8, 4) is 0 Å². The number of aryl methyl sites for hydroxylation is 1. The molecule has 0 saturated heterocycles. The molecule has 2 N–H and O–H groups in total. The fraction of sp³-hybridized carbons (Fsp3) is 0.182. The number of nitrogens with one attached hydrogen (secondary N) is 2. The summed E-state index contributed by atoms with van der Waals surface area (Å²) in [5.41, 5.74) is 1.04. The number of H-pyrrole nitrogens is 1. The van der Waals surface area contributed by atoms with Gasteiger partial charge in [-0.3, -0.25) is 9.59 Å². The highest BCUT2D eigenvalue weighted by Crippen LogP contribution is 2.14. The Morgan fingerprint density at radius 2 is 2.29 bits per heavy atom. The molecule has 5 nitrogen and oxygen atoms in total. The lowest BCUT2D eigenvalue weighted by atomic mass is 10.3. The Bertz CT molecular complexity index is 568. The van der Waals surface area contributed by atoms with Crippen LogP contribution in [0.1, 0.15) is 20.9 Å². The quantitative estimate of drug-likeness (QED) is 0.854. The van der Waals surface area contributed by atoms with Crippen LogP contribution in [0, 0.1) is 6.92 Å². The van der Waals surface area contributed by atoms with Crippen molar-refractivity contribution in [3.05, 3.63) is 50.1 Å². The normalized spacial score (nSPS) is 10.2. The third-order valence-corrected chi connectivity index (χ3v) is 3.31. The second-order valence-corrected chi connectivity index (χ2v) is 4.52. The van der Waals surface area contributed by atoms with Crippen LogP contribution in [0.3, 0.4) is 0 Å². The molecular formula is C11H11N3O2S. The zero-order valence-corrected chi connectivity index (χ0v) is 10.0. The molecule has 6 heteroatoms. The number of thiophene rings is 1. The first-order valence-electron chi connectivity index (χ1n) is 5.04. The molecule has 0 aliphatic heterocycles. The van der Waals surface area contributed by atoms with E-state index in [1.165, 1.54) is 12.1 Å². The van der Waals surface area contributed by atoms with Crippen LogP contribution >= 0.6 is 11.3 Å². The summed E-state index contributed by atoms with van der Waals surface area (Å²) in [5.74, 6) is -0.297. The zero-order valence-electron chi connectivity index (χ0n) is 9.19. The van der Waals surface area contributed by atoms with Crippen LogP contribution < -0.4 is 10.9 Å². The standard InChI is InChI=1S/C11H11N3O2S/c1-7-4-5-17-9(7)6-12-11(16)8-2-3-10(15)14-13-8/h2-5H,6H2,1H3,(H,12,16)(H,14,15). The fourth-order valence-electron chi connectivity index (χ4n) is 1.31. The maximum absolute atomic E-state index is 11.7. The van der Waals surface area contributed by atoms with Gasteiger partial charge in [0, 0.05) is 10.9 Å². The van der Waals surface area contributed by atoms with Gasteiger partial charge in [0.25, 0.3) is 11.5 Å². The summed E-state index contributed by atoms with van der Waals surface area (Å²) < 4.78 is 0. The molecule has 0 spiro atoms. The Morgan fingerprint density at radius 3 is 2.88 bits per heavy atom. The zero-order chi connectivity index (χ0) is 12.3. The monoisotopic (exact) mass is 249 g/mol. The summed E-state index contributed by atoms with van der Waals surface area (Å²) in [6, 6.07) is 4.68. The average molecular weight is 249 g/mol. The largest absolute Gasteiger partial charge is 0.346 e. The van der Waals surface area contributed by atoms with E-state index in [4.69, 9.17) is 0 Å². The Hall–Kier alpha value is -1.95. The van der Waals surface area contributed by atoms with Gasteiger partial charge >= 0.3 is 0 Å². The van der Waals surface area contributed by atoms with E-state index < -0.39 is 0 Å². The van der Waals surface area contributed by atoms with Gasteiger partial charge < -0.3 is 5.32 Å².